The molecule has 0 saturated carbocycles. The molecule has 1 aliphatic rings. The summed E-state index contributed by atoms with van der Waals surface area (Å²) < 4.78 is 39.9. The average Bonchev–Trinajstić information content (AvgIpc) is 3.28. The molecule has 1 heterocycles. The summed E-state index contributed by atoms with van der Waals surface area (Å²) in [5.74, 6) is -0.961. The molecule has 0 spiro atoms. The van der Waals surface area contributed by atoms with Gasteiger partial charge in [-0.05, 0) is 64.1 Å². The van der Waals surface area contributed by atoms with E-state index in [-0.39, 0.29) is 19.8 Å². The molecule has 0 radical (unpaired) electrons. The van der Waals surface area contributed by atoms with Gasteiger partial charge in [0.1, 0.15) is 36.3 Å². The molecule has 6 aromatic carbocycles. The summed E-state index contributed by atoms with van der Waals surface area (Å²) in [6, 6.07) is 52.8. The highest BCUT2D eigenvalue weighted by atomic mass is 35.5. The van der Waals surface area contributed by atoms with Crippen molar-refractivity contribution in [2.24, 2.45) is 0 Å². The van der Waals surface area contributed by atoms with E-state index in [2.05, 4.69) is 0 Å². The van der Waals surface area contributed by atoms with Gasteiger partial charge in [0, 0.05) is 17.7 Å². The van der Waals surface area contributed by atoms with Crippen molar-refractivity contribution in [3.8, 4) is 5.75 Å². The number of hydrogen-bond acceptors (Lipinski definition) is 8. The van der Waals surface area contributed by atoms with E-state index in [0.29, 0.717) is 23.6 Å². The molecular formula is C49H49ClO8. The van der Waals surface area contributed by atoms with E-state index in [0.717, 1.165) is 39.1 Å². The molecule has 4 atom stereocenters. The Balaban J connectivity index is 1.26. The van der Waals surface area contributed by atoms with Crippen molar-refractivity contribution in [2.45, 2.75) is 62.5 Å². The SMILES string of the molecule is CO[C@@]1(c2ccc(Cl)c(Cc3ccc(OCc4ccccc4)cc3)c2)OC(CO)(CO)[C@@H](OCc2ccccc2)[C@H](OCc2ccccc2)[C@H]1OCc1ccccc1. The number of ether oxygens (including phenoxy) is 6. The van der Waals surface area contributed by atoms with Crippen molar-refractivity contribution < 1.29 is 38.6 Å². The van der Waals surface area contributed by atoms with E-state index < -0.39 is 42.9 Å². The van der Waals surface area contributed by atoms with E-state index in [1.54, 1.807) is 6.07 Å². The van der Waals surface area contributed by atoms with Gasteiger partial charge in [0.05, 0.1) is 33.0 Å². The van der Waals surface area contributed by atoms with Gasteiger partial charge in [0.15, 0.2) is 0 Å². The zero-order valence-corrected chi connectivity index (χ0v) is 33.2. The largest absolute Gasteiger partial charge is 0.489 e. The minimum absolute atomic E-state index is 0.161. The molecule has 1 saturated heterocycles. The van der Waals surface area contributed by atoms with Crippen LogP contribution in [0.15, 0.2) is 164 Å². The van der Waals surface area contributed by atoms with Crippen LogP contribution in [0.5, 0.6) is 5.75 Å². The molecule has 2 N–H and O–H groups in total. The number of methoxy groups -OCH3 is 1. The molecule has 58 heavy (non-hydrogen) atoms. The molecule has 8 nitrogen and oxygen atoms in total. The Bertz CT molecular complexity index is 2130. The zero-order valence-electron chi connectivity index (χ0n) is 32.5. The summed E-state index contributed by atoms with van der Waals surface area (Å²) in [5.41, 5.74) is 4.52. The molecule has 7 rings (SSSR count). The van der Waals surface area contributed by atoms with Crippen molar-refractivity contribution in [3.63, 3.8) is 0 Å². The quantitative estimate of drug-likeness (QED) is 0.0891. The Kier molecular flexibility index (Phi) is 14.0. The van der Waals surface area contributed by atoms with Crippen LogP contribution >= 0.6 is 11.6 Å². The third-order valence-corrected chi connectivity index (χ3v) is 10.9. The first kappa shape index (κ1) is 41.3. The highest BCUT2D eigenvalue weighted by Gasteiger charge is 2.64. The summed E-state index contributed by atoms with van der Waals surface area (Å²) >= 11 is 6.92. The van der Waals surface area contributed by atoms with Gasteiger partial charge in [0.2, 0.25) is 5.79 Å². The second-order valence-corrected chi connectivity index (χ2v) is 14.9. The average molecular weight is 801 g/mol. The number of benzene rings is 6. The lowest BCUT2D eigenvalue weighted by Gasteiger charge is -2.56. The maximum Gasteiger partial charge on any atom is 0.225 e. The molecule has 1 aliphatic heterocycles. The molecule has 0 aromatic heterocycles. The molecule has 9 heteroatoms. The zero-order chi connectivity index (χ0) is 40.2. The van der Waals surface area contributed by atoms with Crippen LogP contribution in [-0.4, -0.2) is 54.4 Å². The van der Waals surface area contributed by atoms with E-state index in [1.807, 2.05) is 158 Å². The number of halogens is 1. The van der Waals surface area contributed by atoms with Gasteiger partial charge in [-0.25, -0.2) is 0 Å². The second kappa shape index (κ2) is 19.7. The minimum atomic E-state index is -1.72. The third kappa shape index (κ3) is 9.69. The Hall–Kier alpha value is -4.87. The van der Waals surface area contributed by atoms with Gasteiger partial charge in [-0.2, -0.15) is 0 Å². The first-order chi connectivity index (χ1) is 28.4. The predicted octanol–water partition coefficient (Wildman–Crippen LogP) is 8.82. The van der Waals surface area contributed by atoms with Crippen molar-refractivity contribution in [2.75, 3.05) is 20.3 Å². The first-order valence-corrected chi connectivity index (χ1v) is 19.8. The lowest BCUT2D eigenvalue weighted by atomic mass is 9.80. The predicted molar refractivity (Wildman–Crippen MR) is 223 cm³/mol. The summed E-state index contributed by atoms with van der Waals surface area (Å²) in [4.78, 5) is 0. The number of aliphatic hydroxyl groups is 2. The van der Waals surface area contributed by atoms with Crippen LogP contribution in [0.3, 0.4) is 0 Å². The summed E-state index contributed by atoms with van der Waals surface area (Å²) in [6.45, 7) is -0.216. The lowest BCUT2D eigenvalue weighted by molar-refractivity contribution is -0.417. The number of hydrogen-bond donors (Lipinski definition) is 2. The van der Waals surface area contributed by atoms with Crippen molar-refractivity contribution in [3.05, 3.63) is 208 Å². The third-order valence-electron chi connectivity index (χ3n) is 10.5. The van der Waals surface area contributed by atoms with E-state index in [9.17, 15) is 10.2 Å². The molecule has 0 aliphatic carbocycles. The van der Waals surface area contributed by atoms with Crippen molar-refractivity contribution in [1.29, 1.82) is 0 Å². The topological polar surface area (TPSA) is 95.8 Å². The smallest absolute Gasteiger partial charge is 0.225 e. The fraction of sp³-hybridized carbons (Fsp3) is 0.265. The van der Waals surface area contributed by atoms with Crippen LogP contribution in [0.4, 0.5) is 0 Å². The summed E-state index contributed by atoms with van der Waals surface area (Å²) in [7, 11) is 1.53. The van der Waals surface area contributed by atoms with Crippen LogP contribution in [0, 0.1) is 0 Å². The normalized spacial score (nSPS) is 20.1. The minimum Gasteiger partial charge on any atom is -0.489 e. The number of aliphatic hydroxyl groups excluding tert-OH is 2. The molecule has 6 aromatic rings. The van der Waals surface area contributed by atoms with Gasteiger partial charge >= 0.3 is 0 Å². The Morgan fingerprint density at radius 3 is 1.53 bits per heavy atom. The Labute approximate surface area is 345 Å². The monoisotopic (exact) mass is 800 g/mol. The van der Waals surface area contributed by atoms with Gasteiger partial charge in [-0.1, -0.05) is 151 Å². The van der Waals surface area contributed by atoms with E-state index >= 15 is 0 Å². The van der Waals surface area contributed by atoms with Crippen molar-refractivity contribution in [1.82, 2.24) is 0 Å². The Morgan fingerprint density at radius 2 is 1.03 bits per heavy atom. The van der Waals surface area contributed by atoms with Crippen molar-refractivity contribution >= 4 is 11.6 Å². The maximum atomic E-state index is 11.3. The van der Waals surface area contributed by atoms with Crippen LogP contribution in [0.1, 0.15) is 38.9 Å². The molecule has 0 bridgehead atoms. The highest BCUT2D eigenvalue weighted by molar-refractivity contribution is 6.31. The van der Waals surface area contributed by atoms with E-state index in [1.165, 1.54) is 7.11 Å². The van der Waals surface area contributed by atoms with Crippen LogP contribution in [0.25, 0.3) is 0 Å². The molecule has 0 unspecified atom stereocenters. The standard InChI is InChI=1S/C49H49ClO8/c1-53-49(42-24-27-44(50)41(29-42)28-36-22-25-43(26-23-36)54-30-37-14-6-2-7-15-37)47(57-33-40-20-12-5-13-21-40)45(55-31-38-16-8-3-9-17-38)46(48(34-51,35-52)58-49)56-32-39-18-10-4-11-19-39/h2-27,29,45-47,51-52H,28,30-35H2,1H3/t45-,46-,47+,49-/m0/s1. The lowest BCUT2D eigenvalue weighted by Crippen LogP contribution is -2.72. The summed E-state index contributed by atoms with van der Waals surface area (Å²) in [6.07, 6.45) is -2.43. The highest BCUT2D eigenvalue weighted by Crippen LogP contribution is 2.48. The van der Waals surface area contributed by atoms with Crippen LogP contribution < -0.4 is 4.74 Å². The fourth-order valence-electron chi connectivity index (χ4n) is 7.39. The fourth-order valence-corrected chi connectivity index (χ4v) is 7.57. The number of rotatable bonds is 18. The first-order valence-electron chi connectivity index (χ1n) is 19.4. The van der Waals surface area contributed by atoms with E-state index in [4.69, 9.17) is 40.0 Å². The Morgan fingerprint density at radius 1 is 0.552 bits per heavy atom. The maximum absolute atomic E-state index is 11.3. The van der Waals surface area contributed by atoms with Gasteiger partial charge < -0.3 is 38.6 Å². The van der Waals surface area contributed by atoms with Gasteiger partial charge in [-0.15, -0.1) is 0 Å². The van der Waals surface area contributed by atoms with Crippen LogP contribution in [-0.2, 0) is 62.3 Å². The molecule has 0 amide bonds. The molecule has 300 valence electrons. The molecular weight excluding hydrogens is 752 g/mol. The summed E-state index contributed by atoms with van der Waals surface area (Å²) in [5, 5.41) is 23.1. The molecule has 1 fully saturated rings. The van der Waals surface area contributed by atoms with Gasteiger partial charge in [-0.3, -0.25) is 0 Å². The van der Waals surface area contributed by atoms with Gasteiger partial charge in [0.25, 0.3) is 0 Å². The van der Waals surface area contributed by atoms with Crippen LogP contribution in [0.2, 0.25) is 5.02 Å². The second-order valence-electron chi connectivity index (χ2n) is 14.5.